The Bertz CT molecular complexity index is 917. The van der Waals surface area contributed by atoms with Crippen molar-refractivity contribution in [1.82, 2.24) is 14.4 Å². The Labute approximate surface area is 165 Å². The fourth-order valence-electron chi connectivity index (χ4n) is 4.76. The molecule has 2 bridgehead atoms. The summed E-state index contributed by atoms with van der Waals surface area (Å²) in [5.74, 6) is 0.868. The zero-order valence-corrected chi connectivity index (χ0v) is 16.3. The first-order chi connectivity index (χ1) is 13.6. The van der Waals surface area contributed by atoms with Gasteiger partial charge in [0.15, 0.2) is 5.78 Å². The first kappa shape index (κ1) is 17.9. The van der Waals surface area contributed by atoms with Gasteiger partial charge in [0.2, 0.25) is 5.91 Å². The summed E-state index contributed by atoms with van der Waals surface area (Å²) in [5.41, 5.74) is 1.73. The van der Waals surface area contributed by atoms with Gasteiger partial charge in [-0.2, -0.15) is 0 Å². The minimum atomic E-state index is 0.0967. The summed E-state index contributed by atoms with van der Waals surface area (Å²) in [4.78, 5) is 30.3. The molecular formula is C22H27N3O3. The minimum absolute atomic E-state index is 0.0967. The number of benzene rings is 1. The van der Waals surface area contributed by atoms with Gasteiger partial charge in [-0.15, -0.1) is 0 Å². The molecule has 1 aromatic heterocycles. The number of nitrogens with zero attached hydrogens (tertiary/aromatic N) is 3. The van der Waals surface area contributed by atoms with Gasteiger partial charge in [0.25, 0.3) is 0 Å². The Kier molecular flexibility index (Phi) is 4.48. The molecule has 5 rings (SSSR count). The molecule has 1 aromatic carbocycles. The summed E-state index contributed by atoms with van der Waals surface area (Å²) >= 11 is 0. The predicted octanol–water partition coefficient (Wildman–Crippen LogP) is 2.02. The third kappa shape index (κ3) is 3.25. The van der Waals surface area contributed by atoms with Crippen molar-refractivity contribution in [2.75, 3.05) is 39.9 Å². The average Bonchev–Trinajstić information content (AvgIpc) is 3.49. The molecule has 6 nitrogen and oxygen atoms in total. The molecule has 148 valence electrons. The number of para-hydroxylation sites is 1. The molecule has 3 fully saturated rings. The molecule has 6 heteroatoms. The van der Waals surface area contributed by atoms with E-state index < -0.39 is 0 Å². The highest BCUT2D eigenvalue weighted by Gasteiger charge is 2.35. The van der Waals surface area contributed by atoms with E-state index in [4.69, 9.17) is 4.74 Å². The molecule has 3 aliphatic rings. The Morgan fingerprint density at radius 3 is 2.75 bits per heavy atom. The summed E-state index contributed by atoms with van der Waals surface area (Å²) in [6.07, 6.45) is 3.87. The van der Waals surface area contributed by atoms with Crippen molar-refractivity contribution in [3.05, 3.63) is 36.0 Å². The zero-order valence-electron chi connectivity index (χ0n) is 16.3. The number of likely N-dealkylation sites (N-methyl/N-ethyl adjacent to an activating group) is 1. The molecule has 2 aromatic rings. The molecule has 0 radical (unpaired) electrons. The monoisotopic (exact) mass is 381 g/mol. The van der Waals surface area contributed by atoms with Gasteiger partial charge in [0.1, 0.15) is 6.54 Å². The summed E-state index contributed by atoms with van der Waals surface area (Å²) in [5, 5.41) is 0.963. The fraction of sp³-hybridized carbons (Fsp3) is 0.545. The molecule has 0 N–H and O–H groups in total. The van der Waals surface area contributed by atoms with Gasteiger partial charge in [-0.3, -0.25) is 9.59 Å². The van der Waals surface area contributed by atoms with E-state index >= 15 is 0 Å². The normalized spacial score (nSPS) is 25.7. The highest BCUT2D eigenvalue weighted by molar-refractivity contribution is 6.10. The van der Waals surface area contributed by atoms with E-state index in [1.54, 1.807) is 0 Å². The number of ether oxygens (including phenoxy) is 1. The van der Waals surface area contributed by atoms with E-state index in [1.165, 1.54) is 0 Å². The Hall–Kier alpha value is -2.18. The standard InChI is InChI=1S/C22H27N3O3/c1-23-8-15-9-25(17(10-23)14-28-13-15)21(26)12-24-11-19(22(27)16-6-7-16)18-4-2-3-5-20(18)24/h2-5,11,15-17H,6-10,12-14H2,1H3/t15-,17-/m0/s1. The maximum Gasteiger partial charge on any atom is 0.242 e. The second kappa shape index (κ2) is 7.01. The highest BCUT2D eigenvalue weighted by Crippen LogP contribution is 2.35. The number of carbonyl (C=O) groups excluding carboxylic acids is 2. The van der Waals surface area contributed by atoms with Gasteiger partial charge in [-0.25, -0.2) is 0 Å². The molecular weight excluding hydrogens is 354 g/mol. The van der Waals surface area contributed by atoms with Crippen LogP contribution in [-0.2, 0) is 16.1 Å². The number of hydrogen-bond acceptors (Lipinski definition) is 4. The second-order valence-corrected chi connectivity index (χ2v) is 8.65. The maximum absolute atomic E-state index is 13.3. The molecule has 28 heavy (non-hydrogen) atoms. The van der Waals surface area contributed by atoms with Crippen LogP contribution < -0.4 is 0 Å². The van der Waals surface area contributed by atoms with Crippen molar-refractivity contribution >= 4 is 22.6 Å². The second-order valence-electron chi connectivity index (χ2n) is 8.65. The molecule has 2 saturated heterocycles. The number of Topliss-reactive ketones (excluding diaryl/α,β-unsaturated/α-hetero) is 1. The number of carbonyl (C=O) groups is 2. The number of ketones is 1. The number of fused-ring (bicyclic) bond motifs is 4. The quantitative estimate of drug-likeness (QED) is 0.761. The van der Waals surface area contributed by atoms with Crippen molar-refractivity contribution < 1.29 is 14.3 Å². The summed E-state index contributed by atoms with van der Waals surface area (Å²) in [6.45, 7) is 4.15. The van der Waals surface area contributed by atoms with Gasteiger partial charge >= 0.3 is 0 Å². The Balaban J connectivity index is 1.43. The molecule has 1 saturated carbocycles. The molecule has 3 heterocycles. The maximum atomic E-state index is 13.3. The van der Waals surface area contributed by atoms with Crippen molar-refractivity contribution in [3.63, 3.8) is 0 Å². The summed E-state index contributed by atoms with van der Waals surface area (Å²) in [6, 6.07) is 8.02. The third-order valence-electron chi connectivity index (χ3n) is 6.28. The summed E-state index contributed by atoms with van der Waals surface area (Å²) in [7, 11) is 2.12. The summed E-state index contributed by atoms with van der Waals surface area (Å²) < 4.78 is 7.77. The van der Waals surface area contributed by atoms with E-state index in [1.807, 2.05) is 39.9 Å². The van der Waals surface area contributed by atoms with Gasteiger partial charge in [0.05, 0.1) is 19.3 Å². The van der Waals surface area contributed by atoms with Crippen molar-refractivity contribution in [2.45, 2.75) is 25.4 Å². The minimum Gasteiger partial charge on any atom is -0.379 e. The van der Waals surface area contributed by atoms with Crippen molar-refractivity contribution in [2.24, 2.45) is 11.8 Å². The Morgan fingerprint density at radius 2 is 1.93 bits per heavy atom. The van der Waals surface area contributed by atoms with Crippen LogP contribution in [0.3, 0.4) is 0 Å². The number of rotatable bonds is 4. The van der Waals surface area contributed by atoms with Gasteiger partial charge in [-0.1, -0.05) is 18.2 Å². The zero-order chi connectivity index (χ0) is 19.3. The molecule has 1 amide bonds. The largest absolute Gasteiger partial charge is 0.379 e. The van der Waals surface area contributed by atoms with E-state index in [9.17, 15) is 9.59 Å². The number of aromatic nitrogens is 1. The highest BCUT2D eigenvalue weighted by atomic mass is 16.5. The lowest BCUT2D eigenvalue weighted by Crippen LogP contribution is -2.47. The molecule has 2 aliphatic heterocycles. The van der Waals surface area contributed by atoms with Crippen LogP contribution in [0.1, 0.15) is 23.2 Å². The van der Waals surface area contributed by atoms with Crippen LogP contribution in [0.5, 0.6) is 0 Å². The van der Waals surface area contributed by atoms with E-state index in [-0.39, 0.29) is 30.2 Å². The van der Waals surface area contributed by atoms with Crippen molar-refractivity contribution in [3.8, 4) is 0 Å². The first-order valence-corrected chi connectivity index (χ1v) is 10.3. The molecule has 2 atom stereocenters. The van der Waals surface area contributed by atoms with Crippen molar-refractivity contribution in [1.29, 1.82) is 0 Å². The smallest absolute Gasteiger partial charge is 0.242 e. The van der Waals surface area contributed by atoms with E-state index in [0.717, 1.165) is 55.5 Å². The average molecular weight is 381 g/mol. The number of amides is 1. The van der Waals surface area contributed by atoms with Crippen LogP contribution in [0, 0.1) is 11.8 Å². The molecule has 0 unspecified atom stereocenters. The van der Waals surface area contributed by atoms with Gasteiger partial charge in [0, 0.05) is 54.1 Å². The van der Waals surface area contributed by atoms with Gasteiger partial charge < -0.3 is 19.1 Å². The molecule has 1 aliphatic carbocycles. The van der Waals surface area contributed by atoms with Crippen LogP contribution in [-0.4, -0.2) is 72.0 Å². The number of hydrogen-bond donors (Lipinski definition) is 0. The first-order valence-electron chi connectivity index (χ1n) is 10.3. The third-order valence-corrected chi connectivity index (χ3v) is 6.28. The van der Waals surface area contributed by atoms with Crippen LogP contribution in [0.4, 0.5) is 0 Å². The fourth-order valence-corrected chi connectivity index (χ4v) is 4.76. The lowest BCUT2D eigenvalue weighted by molar-refractivity contribution is -0.134. The lowest BCUT2D eigenvalue weighted by Gasteiger charge is -2.30. The van der Waals surface area contributed by atoms with Crippen LogP contribution in [0.25, 0.3) is 10.9 Å². The van der Waals surface area contributed by atoms with Crippen LogP contribution in [0.15, 0.2) is 30.5 Å². The van der Waals surface area contributed by atoms with Crippen LogP contribution in [0.2, 0.25) is 0 Å². The molecule has 0 spiro atoms. The topological polar surface area (TPSA) is 54.8 Å². The predicted molar refractivity (Wildman–Crippen MR) is 106 cm³/mol. The van der Waals surface area contributed by atoms with E-state index in [0.29, 0.717) is 12.5 Å². The lowest BCUT2D eigenvalue weighted by atomic mass is 10.1. The van der Waals surface area contributed by atoms with Gasteiger partial charge in [-0.05, 0) is 26.0 Å². The Morgan fingerprint density at radius 1 is 1.11 bits per heavy atom. The van der Waals surface area contributed by atoms with Crippen LogP contribution >= 0.6 is 0 Å². The SMILES string of the molecule is CN1C[C@@H]2COC[C@H](C1)N(C(=O)Cn1cc(C(=O)C3CC3)c3ccccc31)C2. The van der Waals surface area contributed by atoms with E-state index in [2.05, 4.69) is 11.9 Å².